The van der Waals surface area contributed by atoms with E-state index in [1.807, 2.05) is 4.90 Å². The van der Waals surface area contributed by atoms with Crippen LogP contribution in [0.1, 0.15) is 66.4 Å². The van der Waals surface area contributed by atoms with Gasteiger partial charge in [-0.3, -0.25) is 9.59 Å². The van der Waals surface area contributed by atoms with E-state index in [0.29, 0.717) is 31.5 Å². The molecule has 0 unspecified atom stereocenters. The molecule has 188 valence electrons. The van der Waals surface area contributed by atoms with Gasteiger partial charge in [0.25, 0.3) is 5.91 Å². The summed E-state index contributed by atoms with van der Waals surface area (Å²) >= 11 is 1.66. The normalized spacial score (nSPS) is 21.8. The van der Waals surface area contributed by atoms with E-state index in [1.54, 1.807) is 11.8 Å². The van der Waals surface area contributed by atoms with Gasteiger partial charge in [0.2, 0.25) is 5.91 Å². The van der Waals surface area contributed by atoms with E-state index in [-0.39, 0.29) is 31.0 Å². The van der Waals surface area contributed by atoms with E-state index in [0.717, 1.165) is 37.9 Å². The standard InChI is InChI=1S/C23H26F6N2O2S/c24-22(25,26)17-12-16(13-18(14-17)23(27,28)29)19(32)30-8-6-21(7-9-30)31(10-11-34-21)20(33)15-4-2-1-3-5-15/h12-15H,1-11H2. The maximum absolute atomic E-state index is 13.2. The first-order valence-corrected chi connectivity index (χ1v) is 12.4. The number of likely N-dealkylation sites (tertiary alicyclic amines) is 1. The zero-order valence-corrected chi connectivity index (χ0v) is 19.3. The van der Waals surface area contributed by atoms with Gasteiger partial charge in [-0.2, -0.15) is 26.3 Å². The summed E-state index contributed by atoms with van der Waals surface area (Å²) < 4.78 is 79.1. The van der Waals surface area contributed by atoms with E-state index in [1.165, 1.54) is 4.90 Å². The molecular weight excluding hydrogens is 482 g/mol. The summed E-state index contributed by atoms with van der Waals surface area (Å²) in [5, 5.41) is 0. The monoisotopic (exact) mass is 508 g/mol. The molecule has 0 bridgehead atoms. The van der Waals surface area contributed by atoms with E-state index >= 15 is 0 Å². The minimum Gasteiger partial charge on any atom is -0.338 e. The largest absolute Gasteiger partial charge is 0.416 e. The highest BCUT2D eigenvalue weighted by Gasteiger charge is 2.48. The third kappa shape index (κ3) is 5.04. The Hall–Kier alpha value is -1.91. The van der Waals surface area contributed by atoms with Crippen LogP contribution in [-0.4, -0.2) is 51.9 Å². The maximum atomic E-state index is 13.2. The van der Waals surface area contributed by atoms with Crippen LogP contribution in [-0.2, 0) is 17.1 Å². The molecule has 3 fully saturated rings. The minimum absolute atomic E-state index is 0.00915. The van der Waals surface area contributed by atoms with E-state index < -0.39 is 39.8 Å². The highest BCUT2D eigenvalue weighted by molar-refractivity contribution is 8.00. The molecule has 1 spiro atoms. The summed E-state index contributed by atoms with van der Waals surface area (Å²) in [6, 6.07) is 0.974. The maximum Gasteiger partial charge on any atom is 0.416 e. The zero-order valence-electron chi connectivity index (χ0n) is 18.5. The number of benzene rings is 1. The molecule has 3 aliphatic rings. The van der Waals surface area contributed by atoms with Crippen molar-refractivity contribution in [2.45, 2.75) is 62.2 Å². The second-order valence-corrected chi connectivity index (χ2v) is 10.7. The number of piperidine rings is 1. The summed E-state index contributed by atoms with van der Waals surface area (Å²) in [7, 11) is 0. The van der Waals surface area contributed by atoms with Crippen molar-refractivity contribution in [2.75, 3.05) is 25.4 Å². The number of nitrogens with zero attached hydrogens (tertiary/aromatic N) is 2. The molecule has 1 saturated carbocycles. The summed E-state index contributed by atoms with van der Waals surface area (Å²) in [6.07, 6.45) is -4.21. The third-order valence-electron chi connectivity index (χ3n) is 7.06. The third-order valence-corrected chi connectivity index (χ3v) is 8.62. The van der Waals surface area contributed by atoms with Crippen molar-refractivity contribution < 1.29 is 35.9 Å². The lowest BCUT2D eigenvalue weighted by molar-refractivity contribution is -0.143. The second-order valence-electron chi connectivity index (χ2n) is 9.21. The fourth-order valence-electron chi connectivity index (χ4n) is 5.22. The highest BCUT2D eigenvalue weighted by atomic mass is 32.2. The average Bonchev–Trinajstić information content (AvgIpc) is 3.20. The van der Waals surface area contributed by atoms with Crippen LogP contribution in [0.15, 0.2) is 18.2 Å². The van der Waals surface area contributed by atoms with E-state index in [9.17, 15) is 35.9 Å². The Morgan fingerprint density at radius 2 is 1.41 bits per heavy atom. The molecule has 4 nitrogen and oxygen atoms in total. The highest BCUT2D eigenvalue weighted by Crippen LogP contribution is 2.46. The van der Waals surface area contributed by atoms with Crippen molar-refractivity contribution >= 4 is 23.6 Å². The molecule has 0 aromatic heterocycles. The lowest BCUT2D eigenvalue weighted by atomic mass is 9.87. The molecule has 1 aliphatic carbocycles. The molecular formula is C23H26F6N2O2S. The molecule has 0 radical (unpaired) electrons. The first kappa shape index (κ1) is 25.2. The van der Waals surface area contributed by atoms with Crippen LogP contribution in [0, 0.1) is 5.92 Å². The van der Waals surface area contributed by atoms with Gasteiger partial charge < -0.3 is 9.80 Å². The fraction of sp³-hybridized carbons (Fsp3) is 0.652. The van der Waals surface area contributed by atoms with E-state index in [4.69, 9.17) is 0 Å². The van der Waals surface area contributed by atoms with Gasteiger partial charge in [0.1, 0.15) is 0 Å². The molecule has 4 rings (SSSR count). The topological polar surface area (TPSA) is 40.6 Å². The van der Waals surface area contributed by atoms with Crippen LogP contribution in [0.2, 0.25) is 0 Å². The number of rotatable bonds is 2. The van der Waals surface area contributed by atoms with Crippen molar-refractivity contribution in [3.8, 4) is 0 Å². The molecule has 0 atom stereocenters. The first-order chi connectivity index (χ1) is 15.9. The first-order valence-electron chi connectivity index (χ1n) is 11.4. The molecule has 0 N–H and O–H groups in total. The number of hydrogen-bond donors (Lipinski definition) is 0. The smallest absolute Gasteiger partial charge is 0.338 e. The number of hydrogen-bond acceptors (Lipinski definition) is 3. The fourth-order valence-corrected chi connectivity index (χ4v) is 6.69. The Balaban J connectivity index is 1.50. The van der Waals surface area contributed by atoms with Gasteiger partial charge in [-0.15, -0.1) is 11.8 Å². The number of thioether (sulfide) groups is 1. The second kappa shape index (κ2) is 9.28. The van der Waals surface area contributed by atoms with E-state index in [2.05, 4.69) is 0 Å². The van der Waals surface area contributed by atoms with Crippen molar-refractivity contribution in [3.63, 3.8) is 0 Å². The van der Waals surface area contributed by atoms with Crippen LogP contribution in [0.5, 0.6) is 0 Å². The number of halogens is 6. The summed E-state index contributed by atoms with van der Waals surface area (Å²) in [5.41, 5.74) is -3.64. The van der Waals surface area contributed by atoms with Crippen molar-refractivity contribution in [2.24, 2.45) is 5.92 Å². The van der Waals surface area contributed by atoms with Crippen LogP contribution < -0.4 is 0 Å². The Morgan fingerprint density at radius 1 is 0.853 bits per heavy atom. The van der Waals surface area contributed by atoms with Gasteiger partial charge in [0.05, 0.1) is 16.0 Å². The van der Waals surface area contributed by atoms with Gasteiger partial charge in [-0.05, 0) is 43.9 Å². The summed E-state index contributed by atoms with van der Waals surface area (Å²) in [4.78, 5) is 28.9. The Labute approximate surface area is 198 Å². The van der Waals surface area contributed by atoms with Crippen LogP contribution in [0.3, 0.4) is 0 Å². The summed E-state index contributed by atoms with van der Waals surface area (Å²) in [6.45, 7) is 0.951. The van der Waals surface area contributed by atoms with Crippen LogP contribution in [0.25, 0.3) is 0 Å². The SMILES string of the molecule is O=C(c1cc(C(F)(F)F)cc(C(F)(F)F)c1)N1CCC2(CC1)SCCN2C(=O)C1CCCCC1. The molecule has 1 aromatic carbocycles. The average molecular weight is 509 g/mol. The Bertz CT molecular complexity index is 902. The zero-order chi connectivity index (χ0) is 24.7. The molecule has 2 saturated heterocycles. The lowest BCUT2D eigenvalue weighted by Gasteiger charge is -2.45. The van der Waals surface area contributed by atoms with Gasteiger partial charge in [-0.25, -0.2) is 0 Å². The molecule has 2 amide bonds. The Kier molecular flexibility index (Phi) is 6.87. The lowest BCUT2D eigenvalue weighted by Crippen LogP contribution is -2.55. The van der Waals surface area contributed by atoms with Gasteiger partial charge in [-0.1, -0.05) is 19.3 Å². The molecule has 2 heterocycles. The number of carbonyl (C=O) groups is 2. The number of alkyl halides is 6. The minimum atomic E-state index is -5.01. The Morgan fingerprint density at radius 3 is 1.94 bits per heavy atom. The predicted octanol–water partition coefficient (Wildman–Crippen LogP) is 5.81. The number of carbonyl (C=O) groups excluding carboxylic acids is 2. The van der Waals surface area contributed by atoms with Gasteiger partial charge >= 0.3 is 12.4 Å². The molecule has 1 aromatic rings. The summed E-state index contributed by atoms with van der Waals surface area (Å²) in [5.74, 6) is 0.0567. The molecule has 2 aliphatic heterocycles. The van der Waals surface area contributed by atoms with Crippen LogP contribution >= 0.6 is 11.8 Å². The molecule has 34 heavy (non-hydrogen) atoms. The predicted molar refractivity (Wildman–Crippen MR) is 115 cm³/mol. The van der Waals surface area contributed by atoms with Gasteiger partial charge in [0.15, 0.2) is 0 Å². The van der Waals surface area contributed by atoms with Crippen LogP contribution in [0.4, 0.5) is 26.3 Å². The van der Waals surface area contributed by atoms with Crippen molar-refractivity contribution in [1.29, 1.82) is 0 Å². The van der Waals surface area contributed by atoms with Crippen molar-refractivity contribution in [1.82, 2.24) is 9.80 Å². The molecule has 11 heteroatoms. The number of amides is 2. The van der Waals surface area contributed by atoms with Crippen molar-refractivity contribution in [3.05, 3.63) is 34.9 Å². The van der Waals surface area contributed by atoms with Gasteiger partial charge in [0, 0.05) is 36.9 Å². The quantitative estimate of drug-likeness (QED) is 0.474.